The number of benzene rings is 1. The summed E-state index contributed by atoms with van der Waals surface area (Å²) in [4.78, 5) is 0. The molecule has 0 amide bonds. The largest absolute Gasteiger partial charge is 0.487 e. The highest BCUT2D eigenvalue weighted by Gasteiger charge is 2.17. The van der Waals surface area contributed by atoms with E-state index in [1.807, 2.05) is 26.8 Å². The Balaban J connectivity index is 2.68. The highest BCUT2D eigenvalue weighted by molar-refractivity contribution is 5.37. The first-order valence-corrected chi connectivity index (χ1v) is 8.28. The molecule has 0 aliphatic rings. The zero-order valence-corrected chi connectivity index (χ0v) is 13.9. The topological polar surface area (TPSA) is 21.3 Å². The van der Waals surface area contributed by atoms with Crippen LogP contribution in [-0.4, -0.2) is 12.6 Å². The number of unbranched alkanes of at least 4 members (excludes halogenated alkanes) is 3. The van der Waals surface area contributed by atoms with Gasteiger partial charge in [-0.1, -0.05) is 45.2 Å². The minimum atomic E-state index is -0.266. The standard InChI is InChI=1S/C18H30FNO/c1-5-7-8-9-11-14(3)21-18-16(15(4)20-6-2)12-10-13-17(18)19/h10,12-15,20H,5-9,11H2,1-4H3. The molecule has 0 fully saturated rings. The minimum absolute atomic E-state index is 0.0475. The van der Waals surface area contributed by atoms with Crippen LogP contribution in [0.3, 0.4) is 0 Å². The van der Waals surface area contributed by atoms with Crippen molar-refractivity contribution in [3.63, 3.8) is 0 Å². The molecular formula is C18H30FNO. The zero-order valence-electron chi connectivity index (χ0n) is 13.9. The third-order valence-electron chi connectivity index (χ3n) is 3.76. The van der Waals surface area contributed by atoms with Gasteiger partial charge in [0.25, 0.3) is 0 Å². The molecule has 0 radical (unpaired) electrons. The van der Waals surface area contributed by atoms with Crippen LogP contribution < -0.4 is 10.1 Å². The van der Waals surface area contributed by atoms with E-state index in [1.165, 1.54) is 25.3 Å². The van der Waals surface area contributed by atoms with Gasteiger partial charge in [-0.2, -0.15) is 0 Å². The van der Waals surface area contributed by atoms with Crippen LogP contribution in [0.5, 0.6) is 5.75 Å². The molecule has 0 aliphatic carbocycles. The fourth-order valence-corrected chi connectivity index (χ4v) is 2.53. The molecule has 0 saturated carbocycles. The van der Waals surface area contributed by atoms with Gasteiger partial charge in [0.05, 0.1) is 6.10 Å². The normalized spacial score (nSPS) is 14.0. The van der Waals surface area contributed by atoms with Crippen LogP contribution in [0.15, 0.2) is 18.2 Å². The molecule has 0 heterocycles. The summed E-state index contributed by atoms with van der Waals surface area (Å²) in [5, 5.41) is 3.32. The summed E-state index contributed by atoms with van der Waals surface area (Å²) >= 11 is 0. The molecular weight excluding hydrogens is 265 g/mol. The predicted octanol–water partition coefficient (Wildman–Crippen LogP) is 5.23. The lowest BCUT2D eigenvalue weighted by molar-refractivity contribution is 0.194. The Morgan fingerprint density at radius 1 is 1.14 bits per heavy atom. The third-order valence-corrected chi connectivity index (χ3v) is 3.76. The van der Waals surface area contributed by atoms with Gasteiger partial charge < -0.3 is 10.1 Å². The van der Waals surface area contributed by atoms with Gasteiger partial charge in [0, 0.05) is 11.6 Å². The molecule has 0 aromatic heterocycles. The Labute approximate surface area is 129 Å². The second-order valence-electron chi connectivity index (χ2n) is 5.72. The van der Waals surface area contributed by atoms with E-state index in [9.17, 15) is 4.39 Å². The maximum absolute atomic E-state index is 14.1. The molecule has 1 rings (SSSR count). The van der Waals surface area contributed by atoms with Crippen LogP contribution in [0, 0.1) is 5.82 Å². The summed E-state index contributed by atoms with van der Waals surface area (Å²) in [5.74, 6) is 0.145. The highest BCUT2D eigenvalue weighted by atomic mass is 19.1. The Bertz CT molecular complexity index is 408. The fourth-order valence-electron chi connectivity index (χ4n) is 2.53. The number of halogens is 1. The third kappa shape index (κ3) is 6.04. The molecule has 0 bridgehead atoms. The van der Waals surface area contributed by atoms with Crippen molar-refractivity contribution >= 4 is 0 Å². The van der Waals surface area contributed by atoms with Gasteiger partial charge in [-0.15, -0.1) is 0 Å². The first kappa shape index (κ1) is 18.0. The van der Waals surface area contributed by atoms with Gasteiger partial charge in [0.1, 0.15) is 0 Å². The molecule has 1 aromatic rings. The monoisotopic (exact) mass is 295 g/mol. The number of nitrogens with one attached hydrogen (secondary N) is 1. The SMILES string of the molecule is CCCCCCC(C)Oc1c(F)cccc1C(C)NCC. The first-order valence-electron chi connectivity index (χ1n) is 8.28. The number of ether oxygens (including phenoxy) is 1. The second-order valence-corrected chi connectivity index (χ2v) is 5.72. The molecule has 21 heavy (non-hydrogen) atoms. The lowest BCUT2D eigenvalue weighted by Gasteiger charge is -2.21. The molecule has 2 atom stereocenters. The first-order chi connectivity index (χ1) is 10.1. The van der Waals surface area contributed by atoms with Gasteiger partial charge in [0.2, 0.25) is 0 Å². The van der Waals surface area contributed by atoms with Gasteiger partial charge in [-0.3, -0.25) is 0 Å². The predicted molar refractivity (Wildman–Crippen MR) is 87.3 cm³/mol. The summed E-state index contributed by atoms with van der Waals surface area (Å²) in [5.41, 5.74) is 0.900. The van der Waals surface area contributed by atoms with Crippen LogP contribution in [0.4, 0.5) is 4.39 Å². The Kier molecular flexibility index (Phi) is 8.36. The lowest BCUT2D eigenvalue weighted by atomic mass is 10.1. The van der Waals surface area contributed by atoms with Gasteiger partial charge in [-0.05, 0) is 39.3 Å². The molecule has 1 N–H and O–H groups in total. The number of para-hydroxylation sites is 1. The van der Waals surface area contributed by atoms with E-state index in [0.717, 1.165) is 24.9 Å². The maximum atomic E-state index is 14.1. The van der Waals surface area contributed by atoms with Crippen LogP contribution in [-0.2, 0) is 0 Å². The van der Waals surface area contributed by atoms with Crippen molar-refractivity contribution < 1.29 is 9.13 Å². The molecule has 0 saturated heterocycles. The smallest absolute Gasteiger partial charge is 0.165 e. The Morgan fingerprint density at radius 3 is 2.57 bits per heavy atom. The van der Waals surface area contributed by atoms with E-state index in [-0.39, 0.29) is 18.0 Å². The summed E-state index contributed by atoms with van der Waals surface area (Å²) in [6.07, 6.45) is 5.88. The molecule has 2 unspecified atom stereocenters. The van der Waals surface area contributed by atoms with E-state index in [1.54, 1.807) is 6.07 Å². The number of hydrogen-bond acceptors (Lipinski definition) is 2. The van der Waals surface area contributed by atoms with E-state index >= 15 is 0 Å². The molecule has 0 aliphatic heterocycles. The van der Waals surface area contributed by atoms with E-state index < -0.39 is 0 Å². The van der Waals surface area contributed by atoms with Crippen molar-refractivity contribution in [2.24, 2.45) is 0 Å². The highest BCUT2D eigenvalue weighted by Crippen LogP contribution is 2.29. The molecule has 120 valence electrons. The quantitative estimate of drug-likeness (QED) is 0.596. The van der Waals surface area contributed by atoms with Crippen molar-refractivity contribution in [2.45, 2.75) is 71.9 Å². The molecule has 2 nitrogen and oxygen atoms in total. The average Bonchev–Trinajstić information content (AvgIpc) is 2.46. The van der Waals surface area contributed by atoms with Crippen LogP contribution >= 0.6 is 0 Å². The van der Waals surface area contributed by atoms with Crippen LogP contribution in [0.25, 0.3) is 0 Å². The van der Waals surface area contributed by atoms with Gasteiger partial charge >= 0.3 is 0 Å². The lowest BCUT2D eigenvalue weighted by Crippen LogP contribution is -2.21. The van der Waals surface area contributed by atoms with Crippen LogP contribution in [0.2, 0.25) is 0 Å². The molecule has 0 spiro atoms. The zero-order chi connectivity index (χ0) is 15.7. The van der Waals surface area contributed by atoms with Gasteiger partial charge in [-0.25, -0.2) is 4.39 Å². The summed E-state index contributed by atoms with van der Waals surface area (Å²) in [6.45, 7) is 9.17. The molecule has 1 aromatic carbocycles. The Morgan fingerprint density at radius 2 is 1.90 bits per heavy atom. The van der Waals surface area contributed by atoms with Gasteiger partial charge in [0.15, 0.2) is 11.6 Å². The van der Waals surface area contributed by atoms with E-state index in [2.05, 4.69) is 12.2 Å². The summed E-state index contributed by atoms with van der Waals surface area (Å²) in [6, 6.07) is 5.25. The van der Waals surface area contributed by atoms with E-state index in [4.69, 9.17) is 4.74 Å². The van der Waals surface area contributed by atoms with E-state index in [0.29, 0.717) is 5.75 Å². The summed E-state index contributed by atoms with van der Waals surface area (Å²) in [7, 11) is 0. The maximum Gasteiger partial charge on any atom is 0.165 e. The fraction of sp³-hybridized carbons (Fsp3) is 0.667. The van der Waals surface area contributed by atoms with Crippen LogP contribution in [0.1, 0.15) is 71.4 Å². The number of hydrogen-bond donors (Lipinski definition) is 1. The average molecular weight is 295 g/mol. The van der Waals surface area contributed by atoms with Crippen molar-refractivity contribution in [3.8, 4) is 5.75 Å². The summed E-state index contributed by atoms with van der Waals surface area (Å²) < 4.78 is 20.0. The minimum Gasteiger partial charge on any atom is -0.487 e. The van der Waals surface area contributed by atoms with Crippen molar-refractivity contribution in [3.05, 3.63) is 29.6 Å². The van der Waals surface area contributed by atoms with Crippen molar-refractivity contribution in [2.75, 3.05) is 6.54 Å². The van der Waals surface area contributed by atoms with Crippen molar-refractivity contribution in [1.82, 2.24) is 5.32 Å². The Hall–Kier alpha value is -1.09. The van der Waals surface area contributed by atoms with Crippen molar-refractivity contribution in [1.29, 1.82) is 0 Å². The number of rotatable bonds is 10. The molecule has 3 heteroatoms. The second kappa shape index (κ2) is 9.78.